The molecule has 0 amide bonds. The minimum absolute atomic E-state index is 0.00484. The number of benzene rings is 2. The Morgan fingerprint density at radius 3 is 2.50 bits per heavy atom. The normalized spacial score (nSPS) is 10.7. The van der Waals surface area contributed by atoms with E-state index in [0.717, 1.165) is 5.56 Å². The number of rotatable bonds is 6. The highest BCUT2D eigenvalue weighted by Gasteiger charge is 2.13. The first-order valence-electron chi connectivity index (χ1n) is 8.38. The van der Waals surface area contributed by atoms with Gasteiger partial charge >= 0.3 is 5.97 Å². The zero-order valence-corrected chi connectivity index (χ0v) is 16.4. The van der Waals surface area contributed by atoms with Crippen LogP contribution in [0.25, 0.3) is 0 Å². The molecule has 2 aromatic carbocycles. The minimum Gasteiger partial charge on any atom is -0.489 e. The van der Waals surface area contributed by atoms with E-state index in [2.05, 4.69) is 4.98 Å². The molecular weight excluding hydrogens is 404 g/mol. The van der Waals surface area contributed by atoms with Crippen LogP contribution in [0, 0.1) is 12.7 Å². The first kappa shape index (κ1) is 20.1. The smallest absolute Gasteiger partial charge is 0.354 e. The summed E-state index contributed by atoms with van der Waals surface area (Å²) in [5.74, 6) is -1.02. The molecule has 0 spiro atoms. The Morgan fingerprint density at radius 2 is 1.79 bits per heavy atom. The number of aromatic nitrogens is 1. The van der Waals surface area contributed by atoms with E-state index in [1.54, 1.807) is 49.4 Å². The van der Waals surface area contributed by atoms with Crippen LogP contribution in [-0.4, -0.2) is 16.1 Å². The lowest BCUT2D eigenvalue weighted by molar-refractivity contribution is 0.0689. The fraction of sp³-hybridized carbons (Fsp3) is 0.143. The van der Waals surface area contributed by atoms with Gasteiger partial charge in [-0.05, 0) is 48.9 Å². The highest BCUT2D eigenvalue weighted by molar-refractivity contribution is 6.30. The summed E-state index contributed by atoms with van der Waals surface area (Å²) in [6.07, 6.45) is 0.319. The number of carbonyl (C=O) groups is 1. The van der Waals surface area contributed by atoms with Gasteiger partial charge in [0.25, 0.3) is 0 Å². The highest BCUT2D eigenvalue weighted by Crippen LogP contribution is 2.27. The summed E-state index contributed by atoms with van der Waals surface area (Å²) < 4.78 is 19.8. The molecule has 28 heavy (non-hydrogen) atoms. The molecule has 1 N–H and O–H groups in total. The van der Waals surface area contributed by atoms with Crippen molar-refractivity contribution in [1.29, 1.82) is 0 Å². The highest BCUT2D eigenvalue weighted by atomic mass is 35.5. The molecular formula is C21H16Cl2FNO3. The molecule has 0 aliphatic heterocycles. The van der Waals surface area contributed by atoms with E-state index < -0.39 is 11.8 Å². The maximum atomic E-state index is 14.0. The van der Waals surface area contributed by atoms with Crippen LogP contribution in [0.5, 0.6) is 5.75 Å². The summed E-state index contributed by atoms with van der Waals surface area (Å²) in [5, 5.41) is 10.1. The number of aromatic carboxylic acids is 1. The largest absolute Gasteiger partial charge is 0.489 e. The van der Waals surface area contributed by atoms with Crippen LogP contribution < -0.4 is 4.74 Å². The van der Waals surface area contributed by atoms with Crippen molar-refractivity contribution < 1.29 is 19.0 Å². The maximum absolute atomic E-state index is 14.0. The summed E-state index contributed by atoms with van der Waals surface area (Å²) in [7, 11) is 0. The lowest BCUT2D eigenvalue weighted by atomic mass is 10.1. The van der Waals surface area contributed by atoms with Crippen molar-refractivity contribution in [3.05, 3.63) is 92.5 Å². The number of hydrogen-bond acceptors (Lipinski definition) is 3. The third-order valence-electron chi connectivity index (χ3n) is 4.15. The number of nitrogens with zero attached hydrogens (tertiary/aromatic N) is 1. The van der Waals surface area contributed by atoms with Gasteiger partial charge in [0, 0.05) is 33.3 Å². The molecule has 0 bridgehead atoms. The van der Waals surface area contributed by atoms with Crippen molar-refractivity contribution in [1.82, 2.24) is 4.98 Å². The summed E-state index contributed by atoms with van der Waals surface area (Å²) in [5.41, 5.74) is 2.23. The Bertz CT molecular complexity index is 1040. The van der Waals surface area contributed by atoms with Crippen LogP contribution in [-0.2, 0) is 13.0 Å². The van der Waals surface area contributed by atoms with Gasteiger partial charge in [-0.15, -0.1) is 0 Å². The fourth-order valence-corrected chi connectivity index (χ4v) is 3.05. The van der Waals surface area contributed by atoms with Crippen molar-refractivity contribution in [2.24, 2.45) is 0 Å². The van der Waals surface area contributed by atoms with E-state index in [4.69, 9.17) is 27.9 Å². The lowest BCUT2D eigenvalue weighted by Crippen LogP contribution is -2.07. The van der Waals surface area contributed by atoms with Crippen LogP contribution in [0.1, 0.15) is 32.9 Å². The van der Waals surface area contributed by atoms with Gasteiger partial charge in [-0.3, -0.25) is 0 Å². The van der Waals surface area contributed by atoms with Crippen LogP contribution in [0.2, 0.25) is 10.0 Å². The molecule has 3 aromatic rings. The van der Waals surface area contributed by atoms with Crippen LogP contribution in [0.15, 0.2) is 48.5 Å². The SMILES string of the molecule is Cc1ccc(Cc2cc(Cl)ccc2OCc2ccc(Cl)cc2F)nc1C(=O)O. The van der Waals surface area contributed by atoms with E-state index >= 15 is 0 Å². The second kappa shape index (κ2) is 8.59. The number of carboxylic acids is 1. The van der Waals surface area contributed by atoms with Crippen molar-refractivity contribution >= 4 is 29.2 Å². The van der Waals surface area contributed by atoms with Crippen molar-refractivity contribution in [3.8, 4) is 5.75 Å². The van der Waals surface area contributed by atoms with Crippen molar-refractivity contribution in [2.75, 3.05) is 0 Å². The van der Waals surface area contributed by atoms with Crippen molar-refractivity contribution in [2.45, 2.75) is 20.0 Å². The van der Waals surface area contributed by atoms with E-state index in [1.165, 1.54) is 6.07 Å². The van der Waals surface area contributed by atoms with E-state index in [0.29, 0.717) is 39.0 Å². The number of aryl methyl sites for hydroxylation is 1. The van der Waals surface area contributed by atoms with Crippen molar-refractivity contribution in [3.63, 3.8) is 0 Å². The summed E-state index contributed by atoms with van der Waals surface area (Å²) in [6.45, 7) is 1.70. The quantitative estimate of drug-likeness (QED) is 0.556. The molecule has 0 fully saturated rings. The van der Waals surface area contributed by atoms with E-state index in [1.807, 2.05) is 0 Å². The summed E-state index contributed by atoms with van der Waals surface area (Å²) in [6, 6.07) is 12.9. The molecule has 0 radical (unpaired) electrons. The molecule has 0 aliphatic rings. The number of hydrogen-bond donors (Lipinski definition) is 1. The zero-order chi connectivity index (χ0) is 20.3. The average Bonchev–Trinajstić information content (AvgIpc) is 2.63. The van der Waals surface area contributed by atoms with Gasteiger partial charge in [0.2, 0.25) is 0 Å². The standard InChI is InChI=1S/C21H16Cl2FNO3/c1-12-2-6-17(25-20(12)21(26)27)9-14-8-15(22)5-7-19(14)28-11-13-3-4-16(23)10-18(13)24/h2-8,10H,9,11H2,1H3,(H,26,27). The van der Waals surface area contributed by atoms with E-state index in [9.17, 15) is 14.3 Å². The second-order valence-corrected chi connectivity index (χ2v) is 7.10. The predicted octanol–water partition coefficient (Wildman–Crippen LogP) is 5.70. The second-order valence-electron chi connectivity index (χ2n) is 6.23. The number of ether oxygens (including phenoxy) is 1. The molecule has 0 unspecified atom stereocenters. The molecule has 0 saturated carbocycles. The molecule has 1 heterocycles. The van der Waals surface area contributed by atoms with E-state index in [-0.39, 0.29) is 12.3 Å². The Labute approximate surface area is 171 Å². The molecule has 3 rings (SSSR count). The van der Waals surface area contributed by atoms with Crippen LogP contribution >= 0.6 is 23.2 Å². The molecule has 0 saturated heterocycles. The number of carboxylic acid groups (broad SMARTS) is 1. The minimum atomic E-state index is -1.08. The molecule has 144 valence electrons. The molecule has 4 nitrogen and oxygen atoms in total. The topological polar surface area (TPSA) is 59.4 Å². The molecule has 7 heteroatoms. The average molecular weight is 420 g/mol. The molecule has 0 atom stereocenters. The predicted molar refractivity (Wildman–Crippen MR) is 106 cm³/mol. The fourth-order valence-electron chi connectivity index (χ4n) is 2.70. The number of pyridine rings is 1. The van der Waals surface area contributed by atoms with Crippen LogP contribution in [0.4, 0.5) is 4.39 Å². The maximum Gasteiger partial charge on any atom is 0.354 e. The van der Waals surface area contributed by atoms with Gasteiger partial charge < -0.3 is 9.84 Å². The summed E-state index contributed by atoms with van der Waals surface area (Å²) >= 11 is 11.9. The van der Waals surface area contributed by atoms with Gasteiger partial charge in [-0.2, -0.15) is 0 Å². The monoisotopic (exact) mass is 419 g/mol. The van der Waals surface area contributed by atoms with Gasteiger partial charge in [0.1, 0.15) is 18.2 Å². The Kier molecular flexibility index (Phi) is 6.17. The van der Waals surface area contributed by atoms with Crippen LogP contribution in [0.3, 0.4) is 0 Å². The lowest BCUT2D eigenvalue weighted by Gasteiger charge is -2.13. The zero-order valence-electron chi connectivity index (χ0n) is 14.9. The Balaban J connectivity index is 1.85. The van der Waals surface area contributed by atoms with Gasteiger partial charge in [0.05, 0.1) is 0 Å². The third-order valence-corrected chi connectivity index (χ3v) is 4.62. The number of halogens is 3. The Morgan fingerprint density at radius 1 is 1.07 bits per heavy atom. The molecule has 0 aliphatic carbocycles. The summed E-state index contributed by atoms with van der Waals surface area (Å²) in [4.78, 5) is 15.5. The first-order chi connectivity index (χ1) is 13.3. The Hall–Kier alpha value is -2.63. The third kappa shape index (κ3) is 4.80. The molecule has 1 aromatic heterocycles. The van der Waals surface area contributed by atoms with Gasteiger partial charge in [0.15, 0.2) is 5.69 Å². The first-order valence-corrected chi connectivity index (χ1v) is 9.14. The van der Waals surface area contributed by atoms with Gasteiger partial charge in [-0.25, -0.2) is 14.2 Å². The van der Waals surface area contributed by atoms with Gasteiger partial charge in [-0.1, -0.05) is 35.3 Å².